The summed E-state index contributed by atoms with van der Waals surface area (Å²) in [6, 6.07) is 0.486. The molecule has 4 nitrogen and oxygen atoms in total. The molecular weight excluding hydrogens is 190 g/mol. The zero-order valence-electron chi connectivity index (χ0n) is 9.20. The number of piperidine rings is 1. The smallest absolute Gasteiger partial charge is 0.195 e. The molecule has 15 heavy (non-hydrogen) atoms. The van der Waals surface area contributed by atoms with E-state index in [1.807, 2.05) is 6.92 Å². The highest BCUT2D eigenvalue weighted by atomic mass is 16.3. The van der Waals surface area contributed by atoms with E-state index in [1.165, 1.54) is 19.3 Å². The minimum absolute atomic E-state index is 0.0400. The standard InChI is InChI=1S/C11H19N3O/c1-8(12)10-7-15-11(14-10)6-9-4-2-3-5-13-9/h7-9,13H,2-6,12H2,1H3. The Morgan fingerprint density at radius 2 is 2.53 bits per heavy atom. The Morgan fingerprint density at radius 1 is 1.67 bits per heavy atom. The van der Waals surface area contributed by atoms with Gasteiger partial charge in [0, 0.05) is 18.5 Å². The average Bonchev–Trinajstić information content (AvgIpc) is 2.68. The number of oxazole rings is 1. The van der Waals surface area contributed by atoms with Gasteiger partial charge in [-0.25, -0.2) is 4.98 Å². The molecule has 0 saturated carbocycles. The molecule has 1 aliphatic rings. The van der Waals surface area contributed by atoms with Crippen LogP contribution in [0.15, 0.2) is 10.7 Å². The van der Waals surface area contributed by atoms with Gasteiger partial charge in [0.15, 0.2) is 5.89 Å². The van der Waals surface area contributed by atoms with Crippen molar-refractivity contribution >= 4 is 0 Å². The molecule has 0 radical (unpaired) electrons. The van der Waals surface area contributed by atoms with Crippen LogP contribution in [0.4, 0.5) is 0 Å². The summed E-state index contributed by atoms with van der Waals surface area (Å²) in [6.45, 7) is 3.03. The lowest BCUT2D eigenvalue weighted by atomic mass is 10.0. The fraction of sp³-hybridized carbons (Fsp3) is 0.727. The molecule has 2 heterocycles. The Labute approximate surface area is 90.2 Å². The third-order valence-electron chi connectivity index (χ3n) is 2.87. The lowest BCUT2D eigenvalue weighted by Gasteiger charge is -2.21. The second kappa shape index (κ2) is 4.77. The Morgan fingerprint density at radius 3 is 3.13 bits per heavy atom. The lowest BCUT2D eigenvalue weighted by molar-refractivity contribution is 0.367. The molecule has 1 fully saturated rings. The van der Waals surface area contributed by atoms with E-state index < -0.39 is 0 Å². The summed E-state index contributed by atoms with van der Waals surface area (Å²) >= 11 is 0. The van der Waals surface area contributed by atoms with Crippen LogP contribution in [0.3, 0.4) is 0 Å². The molecule has 2 atom stereocenters. The van der Waals surface area contributed by atoms with Gasteiger partial charge in [-0.15, -0.1) is 0 Å². The van der Waals surface area contributed by atoms with E-state index in [4.69, 9.17) is 10.2 Å². The minimum atomic E-state index is -0.0400. The lowest BCUT2D eigenvalue weighted by Crippen LogP contribution is -2.35. The summed E-state index contributed by atoms with van der Waals surface area (Å²) in [5.74, 6) is 0.807. The molecule has 1 aromatic rings. The van der Waals surface area contributed by atoms with Crippen LogP contribution >= 0.6 is 0 Å². The van der Waals surface area contributed by atoms with Crippen molar-refractivity contribution in [2.45, 2.75) is 44.7 Å². The van der Waals surface area contributed by atoms with Gasteiger partial charge < -0.3 is 15.5 Å². The Hall–Kier alpha value is -0.870. The largest absolute Gasteiger partial charge is 0.449 e. The monoisotopic (exact) mass is 209 g/mol. The predicted molar refractivity (Wildman–Crippen MR) is 58.5 cm³/mol. The third kappa shape index (κ3) is 2.79. The number of hydrogen-bond donors (Lipinski definition) is 2. The van der Waals surface area contributed by atoms with Crippen molar-refractivity contribution in [3.8, 4) is 0 Å². The molecule has 0 amide bonds. The molecular formula is C11H19N3O. The van der Waals surface area contributed by atoms with E-state index in [-0.39, 0.29) is 6.04 Å². The van der Waals surface area contributed by atoms with Gasteiger partial charge in [-0.3, -0.25) is 0 Å². The van der Waals surface area contributed by atoms with Crippen LogP contribution in [0, 0.1) is 0 Å². The van der Waals surface area contributed by atoms with Crippen molar-refractivity contribution in [1.29, 1.82) is 0 Å². The molecule has 2 unspecified atom stereocenters. The second-order valence-electron chi connectivity index (χ2n) is 4.31. The summed E-state index contributed by atoms with van der Waals surface area (Å²) in [6.07, 6.45) is 6.36. The van der Waals surface area contributed by atoms with E-state index in [2.05, 4.69) is 10.3 Å². The van der Waals surface area contributed by atoms with Crippen LogP contribution in [0.2, 0.25) is 0 Å². The summed E-state index contributed by atoms with van der Waals surface area (Å²) in [4.78, 5) is 4.37. The number of rotatable bonds is 3. The number of aromatic nitrogens is 1. The quantitative estimate of drug-likeness (QED) is 0.789. The zero-order chi connectivity index (χ0) is 10.7. The molecule has 0 bridgehead atoms. The molecule has 0 aliphatic carbocycles. The Bertz CT molecular complexity index is 303. The molecule has 1 saturated heterocycles. The van der Waals surface area contributed by atoms with Crippen molar-refractivity contribution in [2.24, 2.45) is 5.73 Å². The van der Waals surface area contributed by atoms with E-state index in [1.54, 1.807) is 6.26 Å². The van der Waals surface area contributed by atoms with Crippen molar-refractivity contribution in [1.82, 2.24) is 10.3 Å². The van der Waals surface area contributed by atoms with E-state index in [0.29, 0.717) is 6.04 Å². The third-order valence-corrected chi connectivity index (χ3v) is 2.87. The summed E-state index contributed by atoms with van der Waals surface area (Å²) < 4.78 is 5.40. The summed E-state index contributed by atoms with van der Waals surface area (Å²) in [5, 5.41) is 3.47. The van der Waals surface area contributed by atoms with Crippen molar-refractivity contribution in [3.05, 3.63) is 17.8 Å². The SMILES string of the molecule is CC(N)c1coc(CC2CCCCN2)n1. The number of nitrogens with zero attached hydrogens (tertiary/aromatic N) is 1. The average molecular weight is 209 g/mol. The summed E-state index contributed by atoms with van der Waals surface area (Å²) in [7, 11) is 0. The highest BCUT2D eigenvalue weighted by Gasteiger charge is 2.16. The molecule has 84 valence electrons. The summed E-state index contributed by atoms with van der Waals surface area (Å²) in [5.41, 5.74) is 6.57. The first-order valence-corrected chi connectivity index (χ1v) is 5.69. The van der Waals surface area contributed by atoms with Crippen LogP contribution in [-0.2, 0) is 6.42 Å². The van der Waals surface area contributed by atoms with E-state index >= 15 is 0 Å². The Kier molecular flexibility index (Phi) is 3.38. The zero-order valence-corrected chi connectivity index (χ0v) is 9.20. The maximum absolute atomic E-state index is 5.72. The maximum atomic E-state index is 5.72. The van der Waals surface area contributed by atoms with Gasteiger partial charge in [-0.1, -0.05) is 6.42 Å². The molecule has 3 N–H and O–H groups in total. The Balaban J connectivity index is 1.91. The minimum Gasteiger partial charge on any atom is -0.449 e. The number of nitrogens with two attached hydrogens (primary N) is 1. The fourth-order valence-corrected chi connectivity index (χ4v) is 1.94. The highest BCUT2D eigenvalue weighted by Crippen LogP contribution is 2.14. The second-order valence-corrected chi connectivity index (χ2v) is 4.31. The highest BCUT2D eigenvalue weighted by molar-refractivity contribution is 5.02. The van der Waals surface area contributed by atoms with Gasteiger partial charge in [-0.2, -0.15) is 0 Å². The molecule has 4 heteroatoms. The van der Waals surface area contributed by atoms with Crippen LogP contribution in [0.1, 0.15) is 43.8 Å². The van der Waals surface area contributed by atoms with Crippen molar-refractivity contribution in [2.75, 3.05) is 6.54 Å². The van der Waals surface area contributed by atoms with Gasteiger partial charge in [-0.05, 0) is 26.3 Å². The first-order chi connectivity index (χ1) is 7.25. The normalized spacial score (nSPS) is 24.0. The topological polar surface area (TPSA) is 64.1 Å². The van der Waals surface area contributed by atoms with E-state index in [0.717, 1.165) is 24.6 Å². The molecule has 0 spiro atoms. The molecule has 0 aromatic carbocycles. The van der Waals surface area contributed by atoms with Gasteiger partial charge in [0.2, 0.25) is 0 Å². The van der Waals surface area contributed by atoms with Crippen LogP contribution in [0.25, 0.3) is 0 Å². The first kappa shape index (κ1) is 10.6. The molecule has 1 aromatic heterocycles. The van der Waals surface area contributed by atoms with Gasteiger partial charge in [0.05, 0.1) is 5.69 Å². The predicted octanol–water partition coefficient (Wildman–Crippen LogP) is 1.38. The fourth-order valence-electron chi connectivity index (χ4n) is 1.94. The van der Waals surface area contributed by atoms with E-state index in [9.17, 15) is 0 Å². The maximum Gasteiger partial charge on any atom is 0.195 e. The number of hydrogen-bond acceptors (Lipinski definition) is 4. The van der Waals surface area contributed by atoms with Crippen LogP contribution in [-0.4, -0.2) is 17.6 Å². The first-order valence-electron chi connectivity index (χ1n) is 5.69. The van der Waals surface area contributed by atoms with Gasteiger partial charge >= 0.3 is 0 Å². The van der Waals surface area contributed by atoms with Gasteiger partial charge in [0.1, 0.15) is 6.26 Å². The van der Waals surface area contributed by atoms with Crippen LogP contribution < -0.4 is 11.1 Å². The molecule has 2 rings (SSSR count). The number of nitrogens with one attached hydrogen (secondary N) is 1. The van der Waals surface area contributed by atoms with Crippen molar-refractivity contribution in [3.63, 3.8) is 0 Å². The van der Waals surface area contributed by atoms with Crippen LogP contribution in [0.5, 0.6) is 0 Å². The molecule has 1 aliphatic heterocycles. The van der Waals surface area contributed by atoms with Gasteiger partial charge in [0.25, 0.3) is 0 Å². The van der Waals surface area contributed by atoms with Crippen molar-refractivity contribution < 1.29 is 4.42 Å².